The van der Waals surface area contributed by atoms with Crippen LogP contribution >= 0.6 is 11.8 Å². The highest BCUT2D eigenvalue weighted by molar-refractivity contribution is 8.18. The quantitative estimate of drug-likeness (QED) is 0.476. The van der Waals surface area contributed by atoms with Crippen LogP contribution < -0.4 is 9.84 Å². The monoisotopic (exact) mass is 440 g/mol. The molecule has 160 valence electrons. The van der Waals surface area contributed by atoms with Crippen LogP contribution in [0.15, 0.2) is 53.4 Å². The maximum atomic E-state index is 12.7. The Balaban J connectivity index is 1.78. The van der Waals surface area contributed by atoms with E-state index in [1.54, 1.807) is 36.4 Å². The molecule has 1 heterocycles. The molecule has 0 aliphatic carbocycles. The average Bonchev–Trinajstić information content (AvgIpc) is 3.05. The second kappa shape index (κ2) is 9.48. The highest BCUT2D eigenvalue weighted by Crippen LogP contribution is 2.35. The molecule has 0 N–H and O–H groups in total. The zero-order valence-electron chi connectivity index (χ0n) is 16.7. The Morgan fingerprint density at radius 1 is 1.13 bits per heavy atom. The van der Waals surface area contributed by atoms with Gasteiger partial charge in [0.25, 0.3) is 11.1 Å². The summed E-state index contributed by atoms with van der Waals surface area (Å²) in [7, 11) is 1.19. The Hall–Kier alpha value is -3.59. The maximum absolute atomic E-state index is 12.7. The van der Waals surface area contributed by atoms with Crippen LogP contribution in [0.3, 0.4) is 0 Å². The van der Waals surface area contributed by atoms with E-state index in [2.05, 4.69) is 4.74 Å². The molecule has 0 unspecified atom stereocenters. The number of rotatable bonds is 7. The van der Waals surface area contributed by atoms with Crippen LogP contribution in [0.2, 0.25) is 0 Å². The number of methoxy groups -OCH3 is 1. The fraction of sp³-hybridized carbons (Fsp3) is 0.182. The van der Waals surface area contributed by atoms with Crippen LogP contribution in [-0.4, -0.2) is 41.1 Å². The van der Waals surface area contributed by atoms with Crippen LogP contribution in [0.25, 0.3) is 6.08 Å². The standard InChI is InChI=1S/C22H19NO7S/c1-13(21(27)29-2)23-19(24)18(31-22(23)28)11-16-5-3-4-6-17(16)30-12-14-7-9-15(10-8-14)20(25)26/h3-11,13H,12H2,1-2H3,(H,25,26)/p-1/b18-11-/t13-/m0/s1. The summed E-state index contributed by atoms with van der Waals surface area (Å²) in [5.41, 5.74) is 1.39. The maximum Gasteiger partial charge on any atom is 0.328 e. The van der Waals surface area contributed by atoms with Gasteiger partial charge in [0, 0.05) is 5.56 Å². The van der Waals surface area contributed by atoms with Gasteiger partial charge >= 0.3 is 5.97 Å². The van der Waals surface area contributed by atoms with Gasteiger partial charge in [-0.25, -0.2) is 4.79 Å². The first kappa shape index (κ1) is 22.1. The van der Waals surface area contributed by atoms with Gasteiger partial charge in [0.15, 0.2) is 0 Å². The minimum absolute atomic E-state index is 0.0704. The first-order valence-corrected chi connectivity index (χ1v) is 10.0. The summed E-state index contributed by atoms with van der Waals surface area (Å²) in [6.07, 6.45) is 1.53. The molecule has 8 nitrogen and oxygen atoms in total. The molecule has 31 heavy (non-hydrogen) atoms. The Labute approximate surface area is 182 Å². The number of benzene rings is 2. The van der Waals surface area contributed by atoms with Gasteiger partial charge in [-0.2, -0.15) is 0 Å². The lowest BCUT2D eigenvalue weighted by atomic mass is 10.1. The fourth-order valence-electron chi connectivity index (χ4n) is 2.86. The first-order valence-electron chi connectivity index (χ1n) is 9.19. The van der Waals surface area contributed by atoms with Crippen LogP contribution in [0.4, 0.5) is 4.79 Å². The Kier molecular flexibility index (Phi) is 6.76. The van der Waals surface area contributed by atoms with E-state index in [4.69, 9.17) is 4.74 Å². The van der Waals surface area contributed by atoms with Gasteiger partial charge in [0.2, 0.25) is 0 Å². The van der Waals surface area contributed by atoms with Crippen LogP contribution in [0.5, 0.6) is 5.75 Å². The number of imide groups is 1. The van der Waals surface area contributed by atoms with Crippen molar-refractivity contribution in [1.29, 1.82) is 0 Å². The summed E-state index contributed by atoms with van der Waals surface area (Å²) in [6.45, 7) is 1.59. The number of aromatic carboxylic acids is 1. The number of hydrogen-bond donors (Lipinski definition) is 0. The molecule has 2 aromatic rings. The van der Waals surface area contributed by atoms with Crippen molar-refractivity contribution in [2.75, 3.05) is 7.11 Å². The third-order valence-corrected chi connectivity index (χ3v) is 5.43. The lowest BCUT2D eigenvalue weighted by molar-refractivity contribution is -0.255. The Morgan fingerprint density at radius 3 is 2.45 bits per heavy atom. The molecule has 0 radical (unpaired) electrons. The van der Waals surface area contributed by atoms with E-state index in [0.717, 1.165) is 22.2 Å². The molecule has 3 rings (SSSR count). The molecule has 1 saturated heterocycles. The number of thioether (sulfide) groups is 1. The summed E-state index contributed by atoms with van der Waals surface area (Å²) in [6, 6.07) is 12.0. The number of hydrogen-bond acceptors (Lipinski definition) is 8. The van der Waals surface area contributed by atoms with Crippen molar-refractivity contribution in [2.45, 2.75) is 19.6 Å². The lowest BCUT2D eigenvalue weighted by Gasteiger charge is -2.18. The molecule has 0 bridgehead atoms. The SMILES string of the molecule is COC(=O)[C@H](C)N1C(=O)S/C(=C\c2ccccc2OCc2ccc(C(=O)[O-])cc2)C1=O. The van der Waals surface area contributed by atoms with Crippen molar-refractivity contribution in [2.24, 2.45) is 0 Å². The topological polar surface area (TPSA) is 113 Å². The summed E-state index contributed by atoms with van der Waals surface area (Å²) in [5.74, 6) is -2.05. The molecule has 1 atom stereocenters. The highest BCUT2D eigenvalue weighted by atomic mass is 32.2. The lowest BCUT2D eigenvalue weighted by Crippen LogP contribution is -2.42. The van der Waals surface area contributed by atoms with Crippen LogP contribution in [0.1, 0.15) is 28.4 Å². The average molecular weight is 440 g/mol. The van der Waals surface area contributed by atoms with Gasteiger partial charge in [0.05, 0.1) is 18.0 Å². The number of ether oxygens (including phenoxy) is 2. The molecule has 1 aliphatic rings. The summed E-state index contributed by atoms with van der Waals surface area (Å²) < 4.78 is 10.4. The minimum Gasteiger partial charge on any atom is -0.545 e. The van der Waals surface area contributed by atoms with Gasteiger partial charge in [-0.3, -0.25) is 14.5 Å². The van der Waals surface area contributed by atoms with E-state index in [-0.39, 0.29) is 17.1 Å². The van der Waals surface area contributed by atoms with Crippen LogP contribution in [0, 0.1) is 0 Å². The number of carbonyl (C=O) groups is 4. The smallest absolute Gasteiger partial charge is 0.328 e. The second-order valence-electron chi connectivity index (χ2n) is 6.56. The highest BCUT2D eigenvalue weighted by Gasteiger charge is 2.41. The fourth-order valence-corrected chi connectivity index (χ4v) is 3.76. The number of carboxylic acid groups (broad SMARTS) is 1. The number of esters is 1. The molecular formula is C22H18NO7S-. The van der Waals surface area contributed by atoms with E-state index in [0.29, 0.717) is 11.3 Å². The van der Waals surface area contributed by atoms with E-state index in [9.17, 15) is 24.3 Å². The van der Waals surface area contributed by atoms with Gasteiger partial charge < -0.3 is 19.4 Å². The number of nitrogens with zero attached hydrogens (tertiary/aromatic N) is 1. The third kappa shape index (κ3) is 4.95. The first-order chi connectivity index (χ1) is 14.8. The Bertz CT molecular complexity index is 1060. The van der Waals surface area contributed by atoms with Crippen LogP contribution in [-0.2, 0) is 20.9 Å². The molecule has 2 amide bonds. The van der Waals surface area contributed by atoms with Crippen molar-refractivity contribution >= 4 is 40.9 Å². The van der Waals surface area contributed by atoms with Crippen molar-refractivity contribution in [3.63, 3.8) is 0 Å². The van der Waals surface area contributed by atoms with Crippen molar-refractivity contribution in [3.05, 3.63) is 70.1 Å². The Morgan fingerprint density at radius 2 is 1.81 bits per heavy atom. The summed E-state index contributed by atoms with van der Waals surface area (Å²) in [5, 5.41) is 10.3. The van der Waals surface area contributed by atoms with E-state index in [1.165, 1.54) is 32.2 Å². The molecule has 0 saturated carbocycles. The van der Waals surface area contributed by atoms with Crippen molar-refractivity contribution in [1.82, 2.24) is 4.90 Å². The predicted octanol–water partition coefficient (Wildman–Crippen LogP) is 2.23. The number of amides is 2. The van der Waals surface area contributed by atoms with E-state index < -0.39 is 29.1 Å². The second-order valence-corrected chi connectivity index (χ2v) is 7.55. The molecule has 0 spiro atoms. The van der Waals surface area contributed by atoms with Gasteiger partial charge in [-0.15, -0.1) is 0 Å². The molecular weight excluding hydrogens is 422 g/mol. The number of para-hydroxylation sites is 1. The van der Waals surface area contributed by atoms with Crippen molar-refractivity contribution in [3.8, 4) is 5.75 Å². The molecule has 1 aliphatic heterocycles. The molecule has 2 aromatic carbocycles. The van der Waals surface area contributed by atoms with Gasteiger partial charge in [0.1, 0.15) is 18.4 Å². The van der Waals surface area contributed by atoms with E-state index in [1.807, 2.05) is 0 Å². The summed E-state index contributed by atoms with van der Waals surface area (Å²) in [4.78, 5) is 48.5. The summed E-state index contributed by atoms with van der Waals surface area (Å²) >= 11 is 0.734. The zero-order chi connectivity index (χ0) is 22.5. The van der Waals surface area contributed by atoms with Crippen molar-refractivity contribution < 1.29 is 33.8 Å². The zero-order valence-corrected chi connectivity index (χ0v) is 17.5. The molecule has 9 heteroatoms. The van der Waals surface area contributed by atoms with Gasteiger partial charge in [-0.1, -0.05) is 42.5 Å². The minimum atomic E-state index is -1.26. The predicted molar refractivity (Wildman–Crippen MR) is 111 cm³/mol. The third-order valence-electron chi connectivity index (χ3n) is 4.54. The number of carbonyl (C=O) groups excluding carboxylic acids is 4. The normalized spacial score (nSPS) is 15.8. The van der Waals surface area contributed by atoms with Gasteiger partial charge in [-0.05, 0) is 42.0 Å². The van der Waals surface area contributed by atoms with E-state index >= 15 is 0 Å². The number of carboxylic acids is 1. The molecule has 1 fully saturated rings. The largest absolute Gasteiger partial charge is 0.545 e. The molecule has 0 aromatic heterocycles.